The van der Waals surface area contributed by atoms with Crippen molar-refractivity contribution in [3.05, 3.63) is 24.2 Å². The maximum Gasteiger partial charge on any atom is 0.122 e. The lowest BCUT2D eigenvalue weighted by molar-refractivity contribution is 0.204. The molecule has 100 valence electrons. The minimum absolute atomic E-state index is 0.433. The van der Waals surface area contributed by atoms with E-state index in [9.17, 15) is 0 Å². The van der Waals surface area contributed by atoms with Gasteiger partial charge in [0.15, 0.2) is 0 Å². The lowest BCUT2D eigenvalue weighted by Gasteiger charge is -2.27. The molecule has 1 atom stereocenters. The largest absolute Gasteiger partial charge is 0.468 e. The summed E-state index contributed by atoms with van der Waals surface area (Å²) in [5.41, 5.74) is 0. The number of likely N-dealkylation sites (tertiary alicyclic amines) is 1. The molecule has 2 aliphatic rings. The van der Waals surface area contributed by atoms with E-state index in [0.717, 1.165) is 18.3 Å². The van der Waals surface area contributed by atoms with Crippen LogP contribution in [0.15, 0.2) is 22.8 Å². The highest BCUT2D eigenvalue weighted by atomic mass is 16.3. The van der Waals surface area contributed by atoms with Crippen molar-refractivity contribution in [1.82, 2.24) is 10.2 Å². The quantitative estimate of drug-likeness (QED) is 0.868. The molecule has 2 fully saturated rings. The fourth-order valence-corrected chi connectivity index (χ4v) is 3.35. The Hall–Kier alpha value is -0.800. The van der Waals surface area contributed by atoms with Gasteiger partial charge in [-0.05, 0) is 50.9 Å². The average molecular weight is 248 g/mol. The van der Waals surface area contributed by atoms with Crippen LogP contribution in [0.1, 0.15) is 50.3 Å². The predicted molar refractivity (Wildman–Crippen MR) is 72.5 cm³/mol. The molecule has 1 saturated carbocycles. The van der Waals surface area contributed by atoms with Gasteiger partial charge < -0.3 is 9.73 Å². The predicted octanol–water partition coefficient (Wildman–Crippen LogP) is 2.95. The van der Waals surface area contributed by atoms with Crippen LogP contribution < -0.4 is 5.32 Å². The Labute approximate surface area is 110 Å². The monoisotopic (exact) mass is 248 g/mol. The Morgan fingerprint density at radius 2 is 2.00 bits per heavy atom. The molecule has 0 spiro atoms. The summed E-state index contributed by atoms with van der Waals surface area (Å²) in [6, 6.07) is 5.31. The van der Waals surface area contributed by atoms with Gasteiger partial charge in [0.05, 0.1) is 12.3 Å². The van der Waals surface area contributed by atoms with Crippen LogP contribution in [0.3, 0.4) is 0 Å². The lowest BCUT2D eigenvalue weighted by Crippen LogP contribution is -2.37. The van der Waals surface area contributed by atoms with Gasteiger partial charge >= 0.3 is 0 Å². The summed E-state index contributed by atoms with van der Waals surface area (Å²) in [4.78, 5) is 2.57. The van der Waals surface area contributed by atoms with E-state index >= 15 is 0 Å². The summed E-state index contributed by atoms with van der Waals surface area (Å²) in [7, 11) is 0. The molecule has 1 aromatic heterocycles. The van der Waals surface area contributed by atoms with Gasteiger partial charge in [0, 0.05) is 12.6 Å². The Balaban J connectivity index is 1.61. The molecule has 0 radical (unpaired) electrons. The van der Waals surface area contributed by atoms with Crippen molar-refractivity contribution in [2.75, 3.05) is 19.6 Å². The maximum absolute atomic E-state index is 5.64. The van der Waals surface area contributed by atoms with Gasteiger partial charge in [-0.15, -0.1) is 0 Å². The summed E-state index contributed by atoms with van der Waals surface area (Å²) in [6.45, 7) is 3.48. The van der Waals surface area contributed by atoms with Gasteiger partial charge in [-0.1, -0.05) is 12.8 Å². The molecule has 3 heteroatoms. The smallest absolute Gasteiger partial charge is 0.122 e. The highest BCUT2D eigenvalue weighted by Crippen LogP contribution is 2.26. The molecule has 1 aromatic rings. The molecule has 1 aliphatic heterocycles. The standard InChI is InChI=1S/C15H24N2O/c1-2-7-13(6-1)16-12-14(15-8-5-11-18-15)17-9-3-4-10-17/h5,8,11,13-14,16H,1-4,6-7,9-10,12H2. The van der Waals surface area contributed by atoms with Gasteiger partial charge in [-0.25, -0.2) is 0 Å². The van der Waals surface area contributed by atoms with Crippen LogP contribution in [0.5, 0.6) is 0 Å². The third-order valence-electron chi connectivity index (χ3n) is 4.41. The Morgan fingerprint density at radius 3 is 2.67 bits per heavy atom. The second kappa shape index (κ2) is 5.89. The number of hydrogen-bond acceptors (Lipinski definition) is 3. The van der Waals surface area contributed by atoms with E-state index in [4.69, 9.17) is 4.42 Å². The molecule has 0 bridgehead atoms. The zero-order valence-corrected chi connectivity index (χ0v) is 11.1. The minimum atomic E-state index is 0.433. The van der Waals surface area contributed by atoms with E-state index in [0.29, 0.717) is 6.04 Å². The van der Waals surface area contributed by atoms with Gasteiger partial charge in [0.1, 0.15) is 5.76 Å². The van der Waals surface area contributed by atoms with Crippen molar-refractivity contribution in [3.8, 4) is 0 Å². The van der Waals surface area contributed by atoms with Crippen LogP contribution >= 0.6 is 0 Å². The summed E-state index contributed by atoms with van der Waals surface area (Å²) < 4.78 is 5.64. The van der Waals surface area contributed by atoms with Crippen LogP contribution in [0.4, 0.5) is 0 Å². The second-order valence-corrected chi connectivity index (χ2v) is 5.66. The Bertz CT molecular complexity index is 337. The lowest BCUT2D eigenvalue weighted by atomic mass is 10.1. The first-order valence-electron chi connectivity index (χ1n) is 7.44. The number of nitrogens with zero attached hydrogens (tertiary/aromatic N) is 1. The van der Waals surface area contributed by atoms with E-state index in [2.05, 4.69) is 16.3 Å². The van der Waals surface area contributed by atoms with Crippen LogP contribution in [0, 0.1) is 0 Å². The van der Waals surface area contributed by atoms with Gasteiger partial charge in [0.2, 0.25) is 0 Å². The van der Waals surface area contributed by atoms with Crippen LogP contribution in [0.25, 0.3) is 0 Å². The van der Waals surface area contributed by atoms with Crippen molar-refractivity contribution in [2.45, 2.75) is 50.6 Å². The third-order valence-corrected chi connectivity index (χ3v) is 4.41. The minimum Gasteiger partial charge on any atom is -0.468 e. The molecule has 0 aromatic carbocycles. The molecule has 1 aliphatic carbocycles. The topological polar surface area (TPSA) is 28.4 Å². The molecule has 3 nitrogen and oxygen atoms in total. The van der Waals surface area contributed by atoms with Crippen LogP contribution in [0.2, 0.25) is 0 Å². The average Bonchev–Trinajstić information content (AvgIpc) is 3.14. The first-order chi connectivity index (χ1) is 8.93. The molecule has 3 rings (SSSR count). The van der Waals surface area contributed by atoms with Crippen molar-refractivity contribution < 1.29 is 4.42 Å². The summed E-state index contributed by atoms with van der Waals surface area (Å²) >= 11 is 0. The van der Waals surface area contributed by atoms with Crippen molar-refractivity contribution in [3.63, 3.8) is 0 Å². The highest BCUT2D eigenvalue weighted by molar-refractivity contribution is 5.06. The SMILES string of the molecule is c1coc(C(CNC2CCCC2)N2CCCC2)c1. The molecule has 18 heavy (non-hydrogen) atoms. The van der Waals surface area contributed by atoms with E-state index in [1.807, 2.05) is 6.07 Å². The molecule has 1 saturated heterocycles. The van der Waals surface area contributed by atoms with Crippen LogP contribution in [-0.2, 0) is 0 Å². The summed E-state index contributed by atoms with van der Waals surface area (Å²) in [6.07, 6.45) is 9.96. The summed E-state index contributed by atoms with van der Waals surface area (Å²) in [5, 5.41) is 3.75. The zero-order chi connectivity index (χ0) is 12.2. The second-order valence-electron chi connectivity index (χ2n) is 5.66. The number of nitrogens with one attached hydrogen (secondary N) is 1. The first-order valence-corrected chi connectivity index (χ1v) is 7.44. The van der Waals surface area contributed by atoms with Crippen molar-refractivity contribution >= 4 is 0 Å². The van der Waals surface area contributed by atoms with Crippen molar-refractivity contribution in [1.29, 1.82) is 0 Å². The van der Waals surface area contributed by atoms with Crippen molar-refractivity contribution in [2.24, 2.45) is 0 Å². The number of furan rings is 1. The molecule has 1 N–H and O–H groups in total. The molecular formula is C15H24N2O. The Morgan fingerprint density at radius 1 is 1.22 bits per heavy atom. The first kappa shape index (κ1) is 12.2. The molecule has 0 amide bonds. The van der Waals surface area contributed by atoms with Gasteiger partial charge in [-0.3, -0.25) is 4.90 Å². The fourth-order valence-electron chi connectivity index (χ4n) is 3.35. The zero-order valence-electron chi connectivity index (χ0n) is 11.1. The maximum atomic E-state index is 5.64. The van der Waals surface area contributed by atoms with Gasteiger partial charge in [0.25, 0.3) is 0 Å². The van der Waals surface area contributed by atoms with E-state index in [-0.39, 0.29) is 0 Å². The van der Waals surface area contributed by atoms with E-state index < -0.39 is 0 Å². The van der Waals surface area contributed by atoms with Gasteiger partial charge in [-0.2, -0.15) is 0 Å². The number of rotatable bonds is 5. The molecular weight excluding hydrogens is 224 g/mol. The van der Waals surface area contributed by atoms with E-state index in [1.165, 1.54) is 51.6 Å². The molecule has 2 heterocycles. The third kappa shape index (κ3) is 2.78. The Kier molecular flexibility index (Phi) is 4.01. The highest BCUT2D eigenvalue weighted by Gasteiger charge is 2.26. The van der Waals surface area contributed by atoms with E-state index in [1.54, 1.807) is 6.26 Å². The molecule has 1 unspecified atom stereocenters. The van der Waals surface area contributed by atoms with Crippen LogP contribution in [-0.4, -0.2) is 30.6 Å². The normalized spacial score (nSPS) is 23.8. The number of hydrogen-bond donors (Lipinski definition) is 1. The summed E-state index contributed by atoms with van der Waals surface area (Å²) in [5.74, 6) is 1.13. The fraction of sp³-hybridized carbons (Fsp3) is 0.733.